The number of carboxylic acid groups (broad SMARTS) is 1. The zero-order valence-electron chi connectivity index (χ0n) is 15.6. The number of carbonyl (C=O) groups excluding carboxylic acids is 1. The molecule has 0 bridgehead atoms. The maximum atomic E-state index is 12.1. The Kier molecular flexibility index (Phi) is 9.42. The summed E-state index contributed by atoms with van der Waals surface area (Å²) in [6.45, 7) is 0.689. The lowest BCUT2D eigenvalue weighted by Crippen LogP contribution is -2.32. The van der Waals surface area contributed by atoms with E-state index in [9.17, 15) is 14.7 Å². The van der Waals surface area contributed by atoms with Crippen molar-refractivity contribution in [3.8, 4) is 0 Å². The van der Waals surface area contributed by atoms with E-state index in [1.54, 1.807) is 17.8 Å². The zero-order valence-corrected chi connectivity index (χ0v) is 16.4. The Bertz CT molecular complexity index is 620. The van der Waals surface area contributed by atoms with Gasteiger partial charge in [-0.05, 0) is 31.2 Å². The third kappa shape index (κ3) is 8.18. The molecule has 1 aliphatic rings. The van der Waals surface area contributed by atoms with Crippen LogP contribution in [0.2, 0.25) is 0 Å². The molecule has 5 nitrogen and oxygen atoms in total. The van der Waals surface area contributed by atoms with Crippen LogP contribution in [0.1, 0.15) is 44.1 Å². The molecule has 0 aliphatic carbocycles. The number of amides is 1. The van der Waals surface area contributed by atoms with Crippen molar-refractivity contribution in [2.75, 3.05) is 12.3 Å². The summed E-state index contributed by atoms with van der Waals surface area (Å²) in [6, 6.07) is 10.1. The molecule has 0 saturated carbocycles. The second kappa shape index (κ2) is 11.8. The fourth-order valence-electron chi connectivity index (χ4n) is 3.07. The summed E-state index contributed by atoms with van der Waals surface area (Å²) in [4.78, 5) is 24.4. The summed E-state index contributed by atoms with van der Waals surface area (Å²) in [5.74, 6) is -0.134. The fraction of sp³-hybridized carbons (Fsp3) is 0.524. The molecular formula is C21H29NO4S. The molecule has 1 amide bonds. The van der Waals surface area contributed by atoms with E-state index in [4.69, 9.17) is 5.11 Å². The van der Waals surface area contributed by atoms with Gasteiger partial charge in [0.25, 0.3) is 0 Å². The number of hydrogen-bond acceptors (Lipinski definition) is 4. The number of nitrogens with zero attached hydrogens (tertiary/aromatic N) is 1. The van der Waals surface area contributed by atoms with Gasteiger partial charge in [-0.1, -0.05) is 55.3 Å². The molecule has 6 heteroatoms. The molecule has 1 saturated heterocycles. The highest BCUT2D eigenvalue weighted by Crippen LogP contribution is 2.26. The van der Waals surface area contributed by atoms with Gasteiger partial charge in [-0.15, -0.1) is 11.8 Å². The molecule has 1 aromatic carbocycles. The van der Waals surface area contributed by atoms with Gasteiger partial charge in [-0.25, -0.2) is 0 Å². The van der Waals surface area contributed by atoms with E-state index in [-0.39, 0.29) is 17.7 Å². The van der Waals surface area contributed by atoms with Crippen molar-refractivity contribution in [1.29, 1.82) is 0 Å². The van der Waals surface area contributed by atoms with E-state index >= 15 is 0 Å². The number of hydrogen-bond donors (Lipinski definition) is 2. The Balaban J connectivity index is 1.70. The van der Waals surface area contributed by atoms with Crippen molar-refractivity contribution in [3.05, 3.63) is 48.0 Å². The molecule has 1 fully saturated rings. The van der Waals surface area contributed by atoms with Gasteiger partial charge in [0.15, 0.2) is 0 Å². The second-order valence-corrected chi connectivity index (χ2v) is 7.93. The minimum absolute atomic E-state index is 0.0112. The summed E-state index contributed by atoms with van der Waals surface area (Å²) in [6.07, 6.45) is 8.30. The van der Waals surface area contributed by atoms with E-state index in [0.29, 0.717) is 25.1 Å². The fourth-order valence-corrected chi connectivity index (χ4v) is 4.16. The molecule has 1 aliphatic heterocycles. The van der Waals surface area contributed by atoms with Gasteiger partial charge in [0.2, 0.25) is 5.91 Å². The van der Waals surface area contributed by atoms with E-state index in [0.717, 1.165) is 25.7 Å². The van der Waals surface area contributed by atoms with Gasteiger partial charge < -0.3 is 15.1 Å². The van der Waals surface area contributed by atoms with Crippen LogP contribution in [-0.2, 0) is 16.0 Å². The van der Waals surface area contributed by atoms with Crippen molar-refractivity contribution >= 4 is 23.6 Å². The van der Waals surface area contributed by atoms with Crippen LogP contribution < -0.4 is 0 Å². The third-order valence-corrected chi connectivity index (χ3v) is 5.78. The zero-order chi connectivity index (χ0) is 19.5. The van der Waals surface area contributed by atoms with Crippen LogP contribution in [0.15, 0.2) is 42.5 Å². The molecule has 1 heterocycles. The molecule has 0 spiro atoms. The third-order valence-electron chi connectivity index (χ3n) is 4.61. The number of carbonyl (C=O) groups is 2. The highest BCUT2D eigenvalue weighted by atomic mass is 32.2. The minimum atomic E-state index is -0.753. The van der Waals surface area contributed by atoms with Crippen LogP contribution in [0.3, 0.4) is 0 Å². The van der Waals surface area contributed by atoms with E-state index < -0.39 is 12.1 Å². The molecular weight excluding hydrogens is 362 g/mol. The standard InChI is InChI=1S/C21H29NO4S/c23-18(12-11-17-8-4-3-5-9-17)13-14-20-22(19(24)16-27-20)15-7-2-1-6-10-21(25)26/h3-5,8-9,13-14,18,20,23H,1-2,6-7,10-12,15-16H2,(H,25,26). The quantitative estimate of drug-likeness (QED) is 0.421. The summed E-state index contributed by atoms with van der Waals surface area (Å²) in [5.41, 5.74) is 1.21. The van der Waals surface area contributed by atoms with E-state index in [1.165, 1.54) is 5.56 Å². The van der Waals surface area contributed by atoms with Crippen LogP contribution in [0, 0.1) is 0 Å². The Morgan fingerprint density at radius 3 is 2.70 bits per heavy atom. The number of aliphatic carboxylic acids is 1. The number of unbranched alkanes of at least 4 members (excludes halogenated alkanes) is 3. The van der Waals surface area contributed by atoms with E-state index in [1.807, 2.05) is 29.2 Å². The lowest BCUT2D eigenvalue weighted by molar-refractivity contribution is -0.137. The van der Waals surface area contributed by atoms with E-state index in [2.05, 4.69) is 12.1 Å². The maximum Gasteiger partial charge on any atom is 0.303 e. The van der Waals surface area contributed by atoms with Gasteiger partial charge in [0, 0.05) is 13.0 Å². The molecule has 2 rings (SSSR count). The predicted octanol–water partition coefficient (Wildman–Crippen LogP) is 3.47. The van der Waals surface area contributed by atoms with Crippen LogP contribution in [0.5, 0.6) is 0 Å². The molecule has 2 atom stereocenters. The topological polar surface area (TPSA) is 77.8 Å². The van der Waals surface area contributed by atoms with Crippen molar-refractivity contribution in [3.63, 3.8) is 0 Å². The number of thioether (sulfide) groups is 1. The van der Waals surface area contributed by atoms with Gasteiger partial charge in [-0.3, -0.25) is 9.59 Å². The summed E-state index contributed by atoms with van der Waals surface area (Å²) in [7, 11) is 0. The number of carboxylic acids is 1. The number of benzene rings is 1. The van der Waals surface area contributed by atoms with Gasteiger partial charge >= 0.3 is 5.97 Å². The van der Waals surface area contributed by atoms with Crippen LogP contribution in [-0.4, -0.2) is 50.8 Å². The summed E-state index contributed by atoms with van der Waals surface area (Å²) >= 11 is 1.59. The lowest BCUT2D eigenvalue weighted by atomic mass is 10.1. The first kappa shape index (κ1) is 21.5. The first-order valence-electron chi connectivity index (χ1n) is 9.59. The molecule has 1 aromatic rings. The number of aryl methyl sites for hydroxylation is 1. The predicted molar refractivity (Wildman–Crippen MR) is 109 cm³/mol. The Morgan fingerprint density at radius 2 is 1.96 bits per heavy atom. The second-order valence-electron chi connectivity index (χ2n) is 6.82. The average Bonchev–Trinajstić information content (AvgIpc) is 3.01. The maximum absolute atomic E-state index is 12.1. The van der Waals surface area contributed by atoms with Crippen LogP contribution in [0.4, 0.5) is 0 Å². The highest BCUT2D eigenvalue weighted by molar-refractivity contribution is 8.01. The Morgan fingerprint density at radius 1 is 1.22 bits per heavy atom. The molecule has 2 unspecified atom stereocenters. The molecule has 2 N–H and O–H groups in total. The smallest absolute Gasteiger partial charge is 0.303 e. The number of rotatable bonds is 12. The Labute approximate surface area is 165 Å². The summed E-state index contributed by atoms with van der Waals surface area (Å²) < 4.78 is 0. The first-order valence-corrected chi connectivity index (χ1v) is 10.6. The number of aliphatic hydroxyl groups is 1. The van der Waals surface area contributed by atoms with Crippen molar-refractivity contribution < 1.29 is 19.8 Å². The molecule has 27 heavy (non-hydrogen) atoms. The van der Waals surface area contributed by atoms with Gasteiger partial charge in [0.1, 0.15) is 0 Å². The summed E-state index contributed by atoms with van der Waals surface area (Å²) in [5, 5.41) is 18.8. The number of aliphatic hydroxyl groups excluding tert-OH is 1. The molecule has 0 radical (unpaired) electrons. The largest absolute Gasteiger partial charge is 0.481 e. The molecule has 0 aromatic heterocycles. The lowest BCUT2D eigenvalue weighted by Gasteiger charge is -2.21. The van der Waals surface area contributed by atoms with Crippen molar-refractivity contribution in [2.24, 2.45) is 0 Å². The highest BCUT2D eigenvalue weighted by Gasteiger charge is 2.29. The Hall–Kier alpha value is -1.79. The van der Waals surface area contributed by atoms with Gasteiger partial charge in [-0.2, -0.15) is 0 Å². The van der Waals surface area contributed by atoms with Crippen molar-refractivity contribution in [2.45, 2.75) is 56.4 Å². The SMILES string of the molecule is O=C(O)CCCCCCN1C(=O)CSC1C=CC(O)CCc1ccccc1. The monoisotopic (exact) mass is 391 g/mol. The average molecular weight is 392 g/mol. The van der Waals surface area contributed by atoms with Crippen LogP contribution >= 0.6 is 11.8 Å². The minimum Gasteiger partial charge on any atom is -0.481 e. The van der Waals surface area contributed by atoms with Gasteiger partial charge in [0.05, 0.1) is 17.2 Å². The van der Waals surface area contributed by atoms with Crippen LogP contribution in [0.25, 0.3) is 0 Å². The normalized spacial score (nSPS) is 18.3. The van der Waals surface area contributed by atoms with Crippen molar-refractivity contribution in [1.82, 2.24) is 4.90 Å². The first-order chi connectivity index (χ1) is 13.1. The molecule has 148 valence electrons.